The zero-order valence-electron chi connectivity index (χ0n) is 12.0. The van der Waals surface area contributed by atoms with E-state index in [9.17, 15) is 8.42 Å². The van der Waals surface area contributed by atoms with Crippen LogP contribution < -0.4 is 10.5 Å². The highest BCUT2D eigenvalue weighted by Crippen LogP contribution is 2.23. The zero-order chi connectivity index (χ0) is 14.8. The van der Waals surface area contributed by atoms with Gasteiger partial charge in [0.15, 0.2) is 0 Å². The van der Waals surface area contributed by atoms with Crippen molar-refractivity contribution in [3.05, 3.63) is 28.8 Å². The summed E-state index contributed by atoms with van der Waals surface area (Å²) in [7, 11) is -3.46. The molecule has 1 aromatic rings. The number of hydrogen-bond donors (Lipinski definition) is 2. The molecule has 1 unspecified atom stereocenters. The number of benzene rings is 1. The van der Waals surface area contributed by atoms with E-state index >= 15 is 0 Å². The molecule has 2 rings (SSSR count). The summed E-state index contributed by atoms with van der Waals surface area (Å²) in [6.45, 7) is 4.12. The minimum atomic E-state index is -3.46. The molecule has 1 aromatic carbocycles. The van der Waals surface area contributed by atoms with Gasteiger partial charge in [-0.15, -0.1) is 0 Å². The van der Waals surface area contributed by atoms with Gasteiger partial charge in [0.1, 0.15) is 0 Å². The van der Waals surface area contributed by atoms with E-state index in [0.29, 0.717) is 11.4 Å². The van der Waals surface area contributed by atoms with E-state index in [1.807, 2.05) is 19.9 Å². The van der Waals surface area contributed by atoms with E-state index in [4.69, 9.17) is 5.73 Å². The van der Waals surface area contributed by atoms with Gasteiger partial charge in [0.25, 0.3) is 0 Å². The summed E-state index contributed by atoms with van der Waals surface area (Å²) < 4.78 is 28.0. The normalized spacial score (nSPS) is 20.1. The Balaban J connectivity index is 2.30. The van der Waals surface area contributed by atoms with Crippen molar-refractivity contribution in [3.63, 3.8) is 0 Å². The zero-order valence-corrected chi connectivity index (χ0v) is 13.6. The molecule has 0 bridgehead atoms. The van der Waals surface area contributed by atoms with Gasteiger partial charge in [-0.1, -0.05) is 6.07 Å². The lowest BCUT2D eigenvalue weighted by atomic mass is 10.1. The second kappa shape index (κ2) is 6.47. The fourth-order valence-corrected chi connectivity index (χ4v) is 5.23. The third-order valence-corrected chi connectivity index (χ3v) is 6.55. The van der Waals surface area contributed by atoms with Crippen LogP contribution in [0.4, 0.5) is 0 Å². The molecule has 0 spiro atoms. The minimum absolute atomic E-state index is 0.0417. The molecule has 0 amide bonds. The van der Waals surface area contributed by atoms with Gasteiger partial charge in [0, 0.05) is 18.3 Å². The predicted molar refractivity (Wildman–Crippen MR) is 84.5 cm³/mol. The largest absolute Gasteiger partial charge is 0.326 e. The number of sulfonamides is 1. The summed E-state index contributed by atoms with van der Waals surface area (Å²) in [5.41, 5.74) is 8.27. The number of rotatable bonds is 4. The molecular formula is C14H22N2O2S2. The molecular weight excluding hydrogens is 292 g/mol. The van der Waals surface area contributed by atoms with E-state index in [-0.39, 0.29) is 6.04 Å². The van der Waals surface area contributed by atoms with Crippen molar-refractivity contribution in [2.75, 3.05) is 11.5 Å². The van der Waals surface area contributed by atoms with Crippen LogP contribution in [0.5, 0.6) is 0 Å². The lowest BCUT2D eigenvalue weighted by molar-refractivity contribution is 0.542. The molecule has 1 saturated heterocycles. The van der Waals surface area contributed by atoms with Gasteiger partial charge in [0.05, 0.1) is 4.90 Å². The average Bonchev–Trinajstić information content (AvgIpc) is 2.42. The Hall–Kier alpha value is -0.560. The van der Waals surface area contributed by atoms with Crippen LogP contribution >= 0.6 is 11.8 Å². The Labute approximate surface area is 125 Å². The Kier molecular flexibility index (Phi) is 5.12. The smallest absolute Gasteiger partial charge is 0.241 e. The van der Waals surface area contributed by atoms with E-state index in [1.165, 1.54) is 0 Å². The highest BCUT2D eigenvalue weighted by molar-refractivity contribution is 7.99. The molecule has 0 aromatic heterocycles. The maximum absolute atomic E-state index is 12.6. The van der Waals surface area contributed by atoms with Gasteiger partial charge < -0.3 is 5.73 Å². The van der Waals surface area contributed by atoms with Crippen molar-refractivity contribution in [3.8, 4) is 0 Å². The first-order valence-electron chi connectivity index (χ1n) is 6.84. The van der Waals surface area contributed by atoms with Crippen molar-refractivity contribution in [1.29, 1.82) is 0 Å². The molecule has 6 heteroatoms. The van der Waals surface area contributed by atoms with Crippen LogP contribution in [0.15, 0.2) is 17.0 Å². The molecule has 112 valence electrons. The van der Waals surface area contributed by atoms with Gasteiger partial charge in [-0.25, -0.2) is 13.1 Å². The van der Waals surface area contributed by atoms with Gasteiger partial charge in [-0.3, -0.25) is 0 Å². The Morgan fingerprint density at radius 2 is 2.15 bits per heavy atom. The Bertz CT molecular complexity index is 579. The third-order valence-electron chi connectivity index (χ3n) is 3.69. The van der Waals surface area contributed by atoms with Gasteiger partial charge in [-0.05, 0) is 55.2 Å². The number of nitrogens with one attached hydrogen (secondary N) is 1. The highest BCUT2D eigenvalue weighted by atomic mass is 32.2. The number of nitrogens with two attached hydrogens (primary N) is 1. The first-order chi connectivity index (χ1) is 9.44. The van der Waals surface area contributed by atoms with Gasteiger partial charge >= 0.3 is 0 Å². The van der Waals surface area contributed by atoms with Crippen molar-refractivity contribution in [2.24, 2.45) is 5.73 Å². The SMILES string of the molecule is Cc1cc(CN)cc(S(=O)(=O)NC2CCCSC2)c1C. The van der Waals surface area contributed by atoms with Crippen LogP contribution in [0.3, 0.4) is 0 Å². The first-order valence-corrected chi connectivity index (χ1v) is 9.48. The molecule has 3 N–H and O–H groups in total. The fourth-order valence-electron chi connectivity index (χ4n) is 2.41. The number of thioether (sulfide) groups is 1. The molecule has 20 heavy (non-hydrogen) atoms. The summed E-state index contributed by atoms with van der Waals surface area (Å²) in [6, 6.07) is 3.69. The minimum Gasteiger partial charge on any atom is -0.326 e. The van der Waals surface area contributed by atoms with Crippen molar-refractivity contribution >= 4 is 21.8 Å². The van der Waals surface area contributed by atoms with E-state index in [0.717, 1.165) is 41.0 Å². The first kappa shape index (κ1) is 15.8. The maximum atomic E-state index is 12.6. The summed E-state index contributed by atoms with van der Waals surface area (Å²) >= 11 is 1.81. The lowest BCUT2D eigenvalue weighted by Gasteiger charge is -2.23. The van der Waals surface area contributed by atoms with Crippen molar-refractivity contribution < 1.29 is 8.42 Å². The topological polar surface area (TPSA) is 72.2 Å². The van der Waals surface area contributed by atoms with Crippen molar-refractivity contribution in [2.45, 2.75) is 44.2 Å². The van der Waals surface area contributed by atoms with Crippen LogP contribution in [0, 0.1) is 13.8 Å². The standard InChI is InChI=1S/C14H22N2O2S2/c1-10-6-12(8-15)7-14(11(10)2)20(17,18)16-13-4-3-5-19-9-13/h6-7,13,16H,3-5,8-9,15H2,1-2H3. The quantitative estimate of drug-likeness (QED) is 0.891. The summed E-state index contributed by atoms with van der Waals surface area (Å²) in [5.74, 6) is 1.98. The summed E-state index contributed by atoms with van der Waals surface area (Å²) in [6.07, 6.45) is 1.99. The van der Waals surface area contributed by atoms with Crippen LogP contribution in [0.25, 0.3) is 0 Å². The van der Waals surface area contributed by atoms with Crippen LogP contribution in [-0.2, 0) is 16.6 Å². The van der Waals surface area contributed by atoms with Crippen LogP contribution in [0.1, 0.15) is 29.5 Å². The average molecular weight is 314 g/mol. The monoisotopic (exact) mass is 314 g/mol. The molecule has 1 atom stereocenters. The van der Waals surface area contributed by atoms with Crippen molar-refractivity contribution in [1.82, 2.24) is 4.72 Å². The molecule has 1 aliphatic rings. The third kappa shape index (κ3) is 3.55. The molecule has 1 heterocycles. The molecule has 4 nitrogen and oxygen atoms in total. The highest BCUT2D eigenvalue weighted by Gasteiger charge is 2.24. The second-order valence-corrected chi connectivity index (χ2v) is 8.11. The van der Waals surface area contributed by atoms with E-state index in [1.54, 1.807) is 17.8 Å². The summed E-state index contributed by atoms with van der Waals surface area (Å²) in [4.78, 5) is 0.369. The van der Waals surface area contributed by atoms with Gasteiger partial charge in [-0.2, -0.15) is 11.8 Å². The maximum Gasteiger partial charge on any atom is 0.241 e. The Morgan fingerprint density at radius 1 is 1.40 bits per heavy atom. The van der Waals surface area contributed by atoms with E-state index in [2.05, 4.69) is 4.72 Å². The summed E-state index contributed by atoms with van der Waals surface area (Å²) in [5, 5.41) is 0. The fraction of sp³-hybridized carbons (Fsp3) is 0.571. The molecule has 1 aliphatic heterocycles. The van der Waals surface area contributed by atoms with Crippen LogP contribution in [-0.4, -0.2) is 26.0 Å². The molecule has 0 radical (unpaired) electrons. The lowest BCUT2D eigenvalue weighted by Crippen LogP contribution is -2.38. The number of hydrogen-bond acceptors (Lipinski definition) is 4. The predicted octanol–water partition coefficient (Wildman–Crippen LogP) is 1.94. The van der Waals surface area contributed by atoms with E-state index < -0.39 is 10.0 Å². The molecule has 0 saturated carbocycles. The number of aryl methyl sites for hydroxylation is 1. The Morgan fingerprint density at radius 3 is 2.75 bits per heavy atom. The molecule has 1 fully saturated rings. The second-order valence-electron chi connectivity index (χ2n) is 5.28. The van der Waals surface area contributed by atoms with Gasteiger partial charge in [0.2, 0.25) is 10.0 Å². The van der Waals surface area contributed by atoms with Crippen LogP contribution in [0.2, 0.25) is 0 Å². The molecule has 0 aliphatic carbocycles.